The molecule has 0 aromatic heterocycles. The smallest absolute Gasteiger partial charge is 0.191 e. The van der Waals surface area contributed by atoms with Crippen molar-refractivity contribution in [2.24, 2.45) is 10.9 Å². The topological polar surface area (TPSA) is 48.9 Å². The molecule has 0 radical (unpaired) electrons. The molecule has 0 unspecified atom stereocenters. The van der Waals surface area contributed by atoms with E-state index in [9.17, 15) is 0 Å². The summed E-state index contributed by atoms with van der Waals surface area (Å²) in [6.45, 7) is 6.34. The van der Waals surface area contributed by atoms with Gasteiger partial charge in [-0.05, 0) is 57.5 Å². The van der Waals surface area contributed by atoms with Crippen molar-refractivity contribution in [2.45, 2.75) is 44.1 Å². The Morgan fingerprint density at radius 2 is 1.86 bits per heavy atom. The minimum atomic E-state index is 0. The van der Waals surface area contributed by atoms with E-state index in [1.54, 1.807) is 0 Å². The Morgan fingerprint density at radius 3 is 2.45 bits per heavy atom. The van der Waals surface area contributed by atoms with Crippen molar-refractivity contribution in [1.29, 1.82) is 0 Å². The summed E-state index contributed by atoms with van der Waals surface area (Å²) >= 11 is 0. The molecule has 2 aliphatic heterocycles. The van der Waals surface area contributed by atoms with Crippen LogP contribution in [0.1, 0.15) is 38.5 Å². The second-order valence-corrected chi connectivity index (χ2v) is 6.78. The standard InChI is InChI=1S/C16H30N4O.HI/c1-17-15(18-12-14-4-5-14)19-13-16(6-10-21-11-7-16)20-8-2-3-9-20;/h14H,2-13H2,1H3,(H2,17,18,19);1H. The molecule has 1 aliphatic carbocycles. The number of likely N-dealkylation sites (tertiary alicyclic amines) is 1. The first kappa shape index (κ1) is 18.3. The Morgan fingerprint density at radius 1 is 1.18 bits per heavy atom. The van der Waals surface area contributed by atoms with Crippen LogP contribution in [0, 0.1) is 5.92 Å². The van der Waals surface area contributed by atoms with Crippen LogP contribution in [0.5, 0.6) is 0 Å². The van der Waals surface area contributed by atoms with E-state index < -0.39 is 0 Å². The van der Waals surface area contributed by atoms with Gasteiger partial charge in [0.25, 0.3) is 0 Å². The minimum absolute atomic E-state index is 0. The van der Waals surface area contributed by atoms with Crippen molar-refractivity contribution >= 4 is 29.9 Å². The van der Waals surface area contributed by atoms with E-state index in [2.05, 4.69) is 20.5 Å². The molecule has 2 heterocycles. The van der Waals surface area contributed by atoms with Gasteiger partial charge < -0.3 is 15.4 Å². The van der Waals surface area contributed by atoms with Crippen LogP contribution in [0.2, 0.25) is 0 Å². The predicted octanol–water partition coefficient (Wildman–Crippen LogP) is 1.82. The summed E-state index contributed by atoms with van der Waals surface area (Å²) in [6.07, 6.45) is 7.71. The molecule has 22 heavy (non-hydrogen) atoms. The summed E-state index contributed by atoms with van der Waals surface area (Å²) in [5.74, 6) is 1.84. The van der Waals surface area contributed by atoms with Crippen LogP contribution in [-0.2, 0) is 4.74 Å². The van der Waals surface area contributed by atoms with E-state index >= 15 is 0 Å². The lowest BCUT2D eigenvalue weighted by atomic mass is 9.88. The number of nitrogens with zero attached hydrogens (tertiary/aromatic N) is 2. The number of hydrogen-bond acceptors (Lipinski definition) is 3. The van der Waals surface area contributed by atoms with E-state index in [0.717, 1.165) is 51.0 Å². The number of aliphatic imine (C=N–C) groups is 1. The Labute approximate surface area is 151 Å². The van der Waals surface area contributed by atoms with Crippen molar-refractivity contribution in [3.63, 3.8) is 0 Å². The molecule has 3 rings (SSSR count). The van der Waals surface area contributed by atoms with Gasteiger partial charge in [-0.15, -0.1) is 24.0 Å². The fourth-order valence-corrected chi connectivity index (χ4v) is 3.58. The molecule has 3 fully saturated rings. The average molecular weight is 422 g/mol. The summed E-state index contributed by atoms with van der Waals surface area (Å²) in [7, 11) is 1.87. The van der Waals surface area contributed by atoms with Crippen molar-refractivity contribution in [3.8, 4) is 0 Å². The molecule has 0 amide bonds. The van der Waals surface area contributed by atoms with Crippen molar-refractivity contribution in [3.05, 3.63) is 0 Å². The highest BCUT2D eigenvalue weighted by Crippen LogP contribution is 2.31. The number of halogens is 1. The summed E-state index contributed by atoms with van der Waals surface area (Å²) in [5, 5.41) is 7.05. The molecule has 6 heteroatoms. The Bertz CT molecular complexity index is 361. The molecule has 0 bridgehead atoms. The van der Waals surface area contributed by atoms with Crippen LogP contribution in [0.3, 0.4) is 0 Å². The number of nitrogens with one attached hydrogen (secondary N) is 2. The van der Waals surface area contributed by atoms with Crippen LogP contribution in [-0.4, -0.2) is 62.8 Å². The van der Waals surface area contributed by atoms with Gasteiger partial charge in [-0.25, -0.2) is 0 Å². The van der Waals surface area contributed by atoms with Gasteiger partial charge in [0, 0.05) is 38.9 Å². The molecule has 0 atom stereocenters. The number of rotatable bonds is 5. The van der Waals surface area contributed by atoms with E-state index in [0.29, 0.717) is 0 Å². The SMILES string of the molecule is CN=C(NCC1CC1)NCC1(N2CCCC2)CCOCC1.I. The summed E-state index contributed by atoms with van der Waals surface area (Å²) in [5.41, 5.74) is 0.270. The minimum Gasteiger partial charge on any atom is -0.381 e. The summed E-state index contributed by atoms with van der Waals surface area (Å²) in [4.78, 5) is 7.07. The number of ether oxygens (including phenoxy) is 1. The van der Waals surface area contributed by atoms with E-state index in [1.807, 2.05) is 7.05 Å². The second-order valence-electron chi connectivity index (χ2n) is 6.78. The Hall–Kier alpha value is -0.0800. The van der Waals surface area contributed by atoms with Gasteiger partial charge in [0.15, 0.2) is 5.96 Å². The van der Waals surface area contributed by atoms with Crippen molar-refractivity contribution in [1.82, 2.24) is 15.5 Å². The largest absolute Gasteiger partial charge is 0.381 e. The maximum Gasteiger partial charge on any atom is 0.191 e. The molecule has 1 saturated carbocycles. The van der Waals surface area contributed by atoms with Gasteiger partial charge in [0.2, 0.25) is 0 Å². The molecule has 5 nitrogen and oxygen atoms in total. The van der Waals surface area contributed by atoms with Gasteiger partial charge in [-0.1, -0.05) is 0 Å². The first-order chi connectivity index (χ1) is 10.3. The fraction of sp³-hybridized carbons (Fsp3) is 0.938. The molecule has 128 valence electrons. The predicted molar refractivity (Wildman–Crippen MR) is 101 cm³/mol. The Kier molecular flexibility index (Phi) is 7.21. The zero-order valence-electron chi connectivity index (χ0n) is 13.8. The average Bonchev–Trinajstić information content (AvgIpc) is 3.19. The zero-order valence-corrected chi connectivity index (χ0v) is 16.1. The highest BCUT2D eigenvalue weighted by atomic mass is 127. The van der Waals surface area contributed by atoms with Gasteiger partial charge >= 0.3 is 0 Å². The number of hydrogen-bond donors (Lipinski definition) is 2. The van der Waals surface area contributed by atoms with Crippen LogP contribution in [0.25, 0.3) is 0 Å². The quantitative estimate of drug-likeness (QED) is 0.403. The van der Waals surface area contributed by atoms with Crippen LogP contribution >= 0.6 is 24.0 Å². The number of guanidine groups is 1. The first-order valence-corrected chi connectivity index (χ1v) is 8.60. The molecule has 0 aromatic carbocycles. The third kappa shape index (κ3) is 4.71. The zero-order chi connectivity index (χ0) is 14.5. The second kappa shape index (κ2) is 8.68. The fourth-order valence-electron chi connectivity index (χ4n) is 3.58. The lowest BCUT2D eigenvalue weighted by molar-refractivity contribution is -0.0164. The van der Waals surface area contributed by atoms with Gasteiger partial charge in [0.1, 0.15) is 0 Å². The van der Waals surface area contributed by atoms with Crippen LogP contribution < -0.4 is 10.6 Å². The van der Waals surface area contributed by atoms with Gasteiger partial charge in [0.05, 0.1) is 0 Å². The van der Waals surface area contributed by atoms with E-state index in [4.69, 9.17) is 4.74 Å². The molecular weight excluding hydrogens is 391 g/mol. The molecule has 0 spiro atoms. The third-order valence-electron chi connectivity index (χ3n) is 5.26. The monoisotopic (exact) mass is 422 g/mol. The molecule has 3 aliphatic rings. The van der Waals surface area contributed by atoms with E-state index in [-0.39, 0.29) is 29.5 Å². The Balaban J connectivity index is 0.00000176. The summed E-state index contributed by atoms with van der Waals surface area (Å²) in [6, 6.07) is 0. The lowest BCUT2D eigenvalue weighted by Gasteiger charge is -2.45. The highest BCUT2D eigenvalue weighted by molar-refractivity contribution is 14.0. The molecular formula is C16H31IN4O. The first-order valence-electron chi connectivity index (χ1n) is 8.60. The maximum absolute atomic E-state index is 5.60. The van der Waals surface area contributed by atoms with Gasteiger partial charge in [-0.3, -0.25) is 9.89 Å². The van der Waals surface area contributed by atoms with Crippen LogP contribution in [0.15, 0.2) is 4.99 Å². The molecule has 0 aromatic rings. The van der Waals surface area contributed by atoms with Crippen LogP contribution in [0.4, 0.5) is 0 Å². The summed E-state index contributed by atoms with van der Waals surface area (Å²) < 4.78 is 5.60. The maximum atomic E-state index is 5.60. The normalized spacial score (nSPS) is 25.6. The lowest BCUT2D eigenvalue weighted by Crippen LogP contribution is -2.58. The third-order valence-corrected chi connectivity index (χ3v) is 5.26. The highest BCUT2D eigenvalue weighted by Gasteiger charge is 2.39. The molecule has 2 saturated heterocycles. The van der Waals surface area contributed by atoms with Crippen molar-refractivity contribution in [2.75, 3.05) is 46.4 Å². The van der Waals surface area contributed by atoms with Gasteiger partial charge in [-0.2, -0.15) is 0 Å². The van der Waals surface area contributed by atoms with Crippen molar-refractivity contribution < 1.29 is 4.74 Å². The molecule has 2 N–H and O–H groups in total. The van der Waals surface area contributed by atoms with E-state index in [1.165, 1.54) is 38.8 Å².